The Morgan fingerprint density at radius 2 is 1.62 bits per heavy atom. The summed E-state index contributed by atoms with van der Waals surface area (Å²) < 4.78 is 0.736. The van der Waals surface area contributed by atoms with E-state index in [0.717, 1.165) is 41.5 Å². The lowest BCUT2D eigenvalue weighted by Gasteiger charge is -2.34. The largest absolute Gasteiger partial charge is 0.345 e. The number of pyridine rings is 1. The topological polar surface area (TPSA) is 157 Å². The molecule has 0 bridgehead atoms. The average molecular weight is 536 g/mol. The molecule has 1 aromatic heterocycles. The first-order valence-electron chi connectivity index (χ1n) is 13.7. The van der Waals surface area contributed by atoms with Crippen LogP contribution in [0.25, 0.3) is 10.9 Å². The second-order valence-electron chi connectivity index (χ2n) is 10.6. The molecule has 0 spiro atoms. The van der Waals surface area contributed by atoms with E-state index in [1.165, 1.54) is 0 Å². The van der Waals surface area contributed by atoms with Crippen LogP contribution in [0, 0.1) is 0 Å². The minimum absolute atomic E-state index is 0.0802. The van der Waals surface area contributed by atoms with E-state index < -0.39 is 12.1 Å². The van der Waals surface area contributed by atoms with Gasteiger partial charge in [-0.15, -0.1) is 0 Å². The Balaban J connectivity index is 1.68. The lowest BCUT2D eigenvalue weighted by molar-refractivity contribution is -0.907. The average Bonchev–Trinajstić information content (AvgIpc) is 2.92. The van der Waals surface area contributed by atoms with Gasteiger partial charge in [0.2, 0.25) is 5.91 Å². The number of rotatable bonds is 16. The summed E-state index contributed by atoms with van der Waals surface area (Å²) in [4.78, 5) is 42.0. The van der Waals surface area contributed by atoms with Crippen LogP contribution in [0.3, 0.4) is 0 Å². The molecule has 2 aromatic carbocycles. The monoisotopic (exact) mass is 535 g/mol. The van der Waals surface area contributed by atoms with Crippen LogP contribution in [0.15, 0.2) is 65.5 Å². The Morgan fingerprint density at radius 1 is 0.949 bits per heavy atom. The van der Waals surface area contributed by atoms with Crippen molar-refractivity contribution in [2.45, 2.75) is 44.2 Å². The molecule has 39 heavy (non-hydrogen) atoms. The Bertz CT molecular complexity index is 1270. The van der Waals surface area contributed by atoms with Gasteiger partial charge in [-0.25, -0.2) is 0 Å². The number of aryl methyl sites for hydroxylation is 1. The summed E-state index contributed by atoms with van der Waals surface area (Å²) in [6.07, 6.45) is 2.16. The fourth-order valence-electron chi connectivity index (χ4n) is 4.97. The number of H-pyrrole nitrogens is 1. The zero-order valence-corrected chi connectivity index (χ0v) is 22.9. The third kappa shape index (κ3) is 9.11. The van der Waals surface area contributed by atoms with Gasteiger partial charge < -0.3 is 32.0 Å². The zero-order chi connectivity index (χ0) is 28.3. The molecule has 0 radical (unpaired) electrons. The molecule has 9 heteroatoms. The predicted octanol–water partition coefficient (Wildman–Crippen LogP) is 1.23. The highest BCUT2D eigenvalue weighted by Crippen LogP contribution is 2.13. The third-order valence-electron chi connectivity index (χ3n) is 7.35. The summed E-state index contributed by atoms with van der Waals surface area (Å²) in [5.41, 5.74) is 19.6. The van der Waals surface area contributed by atoms with Crippen molar-refractivity contribution in [3.05, 3.63) is 82.1 Å². The molecule has 3 aromatic rings. The van der Waals surface area contributed by atoms with E-state index in [-0.39, 0.29) is 23.7 Å². The molecular weight excluding hydrogens is 492 g/mol. The number of carbonyl (C=O) groups is 2. The number of aromatic amines is 1. The number of hydrogen-bond acceptors (Lipinski definition) is 6. The van der Waals surface area contributed by atoms with Gasteiger partial charge in [0.05, 0.1) is 38.8 Å². The minimum atomic E-state index is -0.759. The number of nitrogens with two attached hydrogens (primary N) is 3. The maximum atomic E-state index is 13.4. The van der Waals surface area contributed by atoms with Crippen LogP contribution >= 0.6 is 0 Å². The van der Waals surface area contributed by atoms with Crippen molar-refractivity contribution in [3.8, 4) is 0 Å². The number of fused-ring (bicyclic) bond motifs is 1. The molecule has 0 aliphatic carbocycles. The highest BCUT2D eigenvalue weighted by molar-refractivity contribution is 5.92. The maximum Gasteiger partial charge on any atom is 0.252 e. The molecule has 0 saturated carbocycles. The molecule has 2 atom stereocenters. The van der Waals surface area contributed by atoms with Crippen LogP contribution < -0.4 is 28.1 Å². The molecule has 0 aliphatic rings. The number of carbonyl (C=O) groups excluding carboxylic acids is 2. The number of ketones is 1. The van der Waals surface area contributed by atoms with E-state index in [4.69, 9.17) is 17.2 Å². The van der Waals surface area contributed by atoms with Gasteiger partial charge >= 0.3 is 0 Å². The van der Waals surface area contributed by atoms with Gasteiger partial charge in [0.1, 0.15) is 0 Å². The van der Waals surface area contributed by atoms with Crippen LogP contribution in [-0.2, 0) is 22.4 Å². The van der Waals surface area contributed by atoms with Crippen molar-refractivity contribution in [2.75, 3.05) is 39.8 Å². The fraction of sp³-hybridized carbons (Fsp3) is 0.433. The number of amides is 1. The lowest BCUT2D eigenvalue weighted by Crippen LogP contribution is -2.52. The molecule has 8 N–H and O–H groups in total. The summed E-state index contributed by atoms with van der Waals surface area (Å²) in [6, 6.07) is 17.5. The zero-order valence-electron chi connectivity index (χ0n) is 22.9. The van der Waals surface area contributed by atoms with Crippen molar-refractivity contribution in [2.24, 2.45) is 17.2 Å². The van der Waals surface area contributed by atoms with Gasteiger partial charge in [0.25, 0.3) is 5.56 Å². The van der Waals surface area contributed by atoms with Crippen molar-refractivity contribution in [1.82, 2.24) is 10.3 Å². The molecule has 1 heterocycles. The molecule has 0 saturated heterocycles. The number of aromatic nitrogens is 1. The molecule has 0 aliphatic heterocycles. The van der Waals surface area contributed by atoms with Gasteiger partial charge in [-0.3, -0.25) is 14.4 Å². The van der Waals surface area contributed by atoms with Crippen LogP contribution in [0.4, 0.5) is 0 Å². The third-order valence-corrected chi connectivity index (χ3v) is 7.35. The van der Waals surface area contributed by atoms with E-state index in [9.17, 15) is 14.4 Å². The van der Waals surface area contributed by atoms with Gasteiger partial charge in [0, 0.05) is 30.6 Å². The summed E-state index contributed by atoms with van der Waals surface area (Å²) in [5.74, 6) is -0.580. The smallest absolute Gasteiger partial charge is 0.252 e. The maximum absolute atomic E-state index is 13.4. The molecular formula is C30H43N6O3+. The second-order valence-corrected chi connectivity index (χ2v) is 10.6. The predicted molar refractivity (Wildman–Crippen MR) is 156 cm³/mol. The number of nitrogens with zero attached hydrogens (tertiary/aromatic N) is 1. The van der Waals surface area contributed by atoms with Crippen LogP contribution in [0.2, 0.25) is 0 Å². The lowest BCUT2D eigenvalue weighted by atomic mass is 9.97. The van der Waals surface area contributed by atoms with Gasteiger partial charge in [-0.2, -0.15) is 0 Å². The van der Waals surface area contributed by atoms with Crippen LogP contribution in [0.5, 0.6) is 0 Å². The van der Waals surface area contributed by atoms with E-state index in [0.29, 0.717) is 43.4 Å². The quantitative estimate of drug-likeness (QED) is 0.174. The molecule has 0 fully saturated rings. The highest BCUT2D eigenvalue weighted by atomic mass is 16.2. The standard InChI is InChI=1S/C30H42N6O3/c1-36(18-15-31,19-16-32)17-7-11-25(33)30(39)35-27(14-13-22-8-3-2-4-9-22)28(37)21-24-20-23-10-5-6-12-26(23)34-29(24)38/h2-6,8-10,12,20,25,27H,7,11,13-19,21,31-33H2,1H3,(H-,34,35,38,39)/p+1/t25-,27+/m0/s1. The van der Waals surface area contributed by atoms with Gasteiger partial charge in [-0.1, -0.05) is 48.5 Å². The van der Waals surface area contributed by atoms with Crippen molar-refractivity contribution < 1.29 is 14.1 Å². The first kappa shape index (κ1) is 30.2. The highest BCUT2D eigenvalue weighted by Gasteiger charge is 2.26. The Morgan fingerprint density at radius 3 is 2.31 bits per heavy atom. The number of quaternary nitrogens is 1. The Labute approximate surface area is 230 Å². The molecule has 9 nitrogen and oxygen atoms in total. The number of Topliss-reactive ketones (excluding diaryl/α,β-unsaturated/α-hetero) is 1. The van der Waals surface area contributed by atoms with Crippen molar-refractivity contribution >= 4 is 22.6 Å². The summed E-state index contributed by atoms with van der Waals surface area (Å²) in [7, 11) is 2.11. The number of para-hydroxylation sites is 1. The second kappa shape index (κ2) is 14.7. The number of likely N-dealkylation sites (N-methyl/N-ethyl adjacent to an activating group) is 1. The van der Waals surface area contributed by atoms with E-state index in [2.05, 4.69) is 17.3 Å². The Hall–Kier alpha value is -3.37. The first-order chi connectivity index (χ1) is 18.7. The number of benzene rings is 2. The van der Waals surface area contributed by atoms with Crippen LogP contribution in [0.1, 0.15) is 30.4 Å². The fourth-order valence-corrected chi connectivity index (χ4v) is 4.97. The summed E-state index contributed by atoms with van der Waals surface area (Å²) >= 11 is 0. The van der Waals surface area contributed by atoms with E-state index >= 15 is 0 Å². The molecule has 1 amide bonds. The van der Waals surface area contributed by atoms with E-state index in [1.807, 2.05) is 54.6 Å². The van der Waals surface area contributed by atoms with E-state index in [1.54, 1.807) is 6.07 Å². The number of nitrogens with one attached hydrogen (secondary N) is 2. The SMILES string of the molecule is C[N+](CCN)(CCN)CCC[C@H](N)C(=O)N[C@H](CCc1ccccc1)C(=O)Cc1cc2ccccc2[nH]c1=O. The molecule has 210 valence electrons. The van der Waals surface area contributed by atoms with Crippen LogP contribution in [-0.4, -0.2) is 73.0 Å². The molecule has 3 rings (SSSR count). The first-order valence-corrected chi connectivity index (χ1v) is 13.7. The normalized spacial score (nSPS) is 13.2. The van der Waals surface area contributed by atoms with Gasteiger partial charge in [-0.05, 0) is 48.8 Å². The molecule has 0 unspecified atom stereocenters. The number of hydrogen-bond donors (Lipinski definition) is 5. The van der Waals surface area contributed by atoms with Crippen molar-refractivity contribution in [3.63, 3.8) is 0 Å². The summed E-state index contributed by atoms with van der Waals surface area (Å²) in [5, 5.41) is 3.74. The summed E-state index contributed by atoms with van der Waals surface area (Å²) in [6.45, 7) is 3.56. The van der Waals surface area contributed by atoms with Gasteiger partial charge in [0.15, 0.2) is 5.78 Å². The van der Waals surface area contributed by atoms with Crippen molar-refractivity contribution in [1.29, 1.82) is 0 Å². The Kier molecular flexibility index (Phi) is 11.4. The minimum Gasteiger partial charge on any atom is -0.345 e.